The van der Waals surface area contributed by atoms with Gasteiger partial charge in [-0.15, -0.1) is 11.6 Å². The molecule has 1 aliphatic rings. The molecule has 0 aliphatic carbocycles. The van der Waals surface area contributed by atoms with Gasteiger partial charge in [0.1, 0.15) is 5.84 Å². The predicted octanol–water partition coefficient (Wildman–Crippen LogP) is 0.913. The zero-order chi connectivity index (χ0) is 10.1. The number of nitrogens with zero attached hydrogens (tertiary/aromatic N) is 2. The Morgan fingerprint density at radius 1 is 1.36 bits per heavy atom. The first-order chi connectivity index (χ1) is 6.70. The number of rotatable bonds is 1. The van der Waals surface area contributed by atoms with E-state index >= 15 is 0 Å². The predicted molar refractivity (Wildman–Crippen MR) is 55.2 cm³/mol. The molecule has 0 unspecified atom stereocenters. The van der Waals surface area contributed by atoms with E-state index in [1.54, 1.807) is 12.1 Å². The van der Waals surface area contributed by atoms with Gasteiger partial charge >= 0.3 is 0 Å². The van der Waals surface area contributed by atoms with Gasteiger partial charge in [0.25, 0.3) is 5.91 Å². The smallest absolute Gasteiger partial charge is 0.273 e. The second-order valence-corrected chi connectivity index (χ2v) is 3.31. The highest BCUT2D eigenvalue weighted by molar-refractivity contribution is 6.45. The topological polar surface area (TPSA) is 58.7 Å². The standard InChI is InChI=1S/C9H8ClN3O/c10-7-8(11)12-13(9(7)14)6-4-2-1-3-5-6/h1-5,7H,(H2,11,12)/t7-/m1/s1. The number of nitrogens with two attached hydrogens (primary N) is 1. The van der Waals surface area contributed by atoms with Crippen molar-refractivity contribution < 1.29 is 4.79 Å². The number of benzene rings is 1. The van der Waals surface area contributed by atoms with Crippen LogP contribution in [0, 0.1) is 0 Å². The summed E-state index contributed by atoms with van der Waals surface area (Å²) in [6.07, 6.45) is 0. The van der Waals surface area contributed by atoms with Crippen LogP contribution in [0.15, 0.2) is 35.4 Å². The van der Waals surface area contributed by atoms with Gasteiger partial charge in [0.2, 0.25) is 0 Å². The van der Waals surface area contributed by atoms with Gasteiger partial charge in [0.05, 0.1) is 5.69 Å². The molecule has 1 aliphatic heterocycles. The van der Waals surface area contributed by atoms with E-state index in [2.05, 4.69) is 5.10 Å². The number of amidine groups is 1. The molecule has 72 valence electrons. The van der Waals surface area contributed by atoms with Crippen molar-refractivity contribution in [1.82, 2.24) is 0 Å². The Balaban J connectivity index is 2.35. The van der Waals surface area contributed by atoms with Gasteiger partial charge in [0.15, 0.2) is 5.38 Å². The van der Waals surface area contributed by atoms with Gasteiger partial charge in [-0.25, -0.2) is 0 Å². The second-order valence-electron chi connectivity index (χ2n) is 2.87. The van der Waals surface area contributed by atoms with Crippen molar-refractivity contribution in [3.8, 4) is 0 Å². The number of carbonyl (C=O) groups excluding carboxylic acids is 1. The molecule has 0 saturated carbocycles. The van der Waals surface area contributed by atoms with Crippen LogP contribution in [0.4, 0.5) is 5.69 Å². The molecule has 0 aromatic heterocycles. The molecule has 2 rings (SSSR count). The number of hydrogen-bond acceptors (Lipinski definition) is 3. The van der Waals surface area contributed by atoms with Crippen LogP contribution in [0.25, 0.3) is 0 Å². The average molecular weight is 210 g/mol. The Bertz CT molecular complexity index is 390. The SMILES string of the molecule is NC1=NN(c2ccccc2)C(=O)[C@@H]1Cl. The Labute approximate surface area is 86.0 Å². The van der Waals surface area contributed by atoms with E-state index in [0.29, 0.717) is 5.69 Å². The van der Waals surface area contributed by atoms with Gasteiger partial charge in [0, 0.05) is 0 Å². The highest BCUT2D eigenvalue weighted by Gasteiger charge is 2.33. The first-order valence-electron chi connectivity index (χ1n) is 4.07. The zero-order valence-electron chi connectivity index (χ0n) is 7.22. The fraction of sp³-hybridized carbons (Fsp3) is 0.111. The number of hydrazone groups is 1. The monoisotopic (exact) mass is 209 g/mol. The van der Waals surface area contributed by atoms with Crippen molar-refractivity contribution >= 4 is 29.0 Å². The van der Waals surface area contributed by atoms with E-state index in [-0.39, 0.29) is 11.7 Å². The number of alkyl halides is 1. The molecule has 1 atom stereocenters. The van der Waals surface area contributed by atoms with E-state index in [1.165, 1.54) is 5.01 Å². The van der Waals surface area contributed by atoms with Crippen LogP contribution >= 0.6 is 11.6 Å². The number of amides is 1. The van der Waals surface area contributed by atoms with Crippen molar-refractivity contribution in [3.63, 3.8) is 0 Å². The van der Waals surface area contributed by atoms with Crippen molar-refractivity contribution in [1.29, 1.82) is 0 Å². The molecule has 5 heteroatoms. The van der Waals surface area contributed by atoms with Crippen LogP contribution in [-0.4, -0.2) is 17.1 Å². The quantitative estimate of drug-likeness (QED) is 0.699. The fourth-order valence-electron chi connectivity index (χ4n) is 1.20. The minimum Gasteiger partial charge on any atom is -0.384 e. The third kappa shape index (κ3) is 1.33. The molecule has 1 aromatic carbocycles. The molecule has 0 fully saturated rings. The molecule has 2 N–H and O–H groups in total. The molecule has 1 heterocycles. The Morgan fingerprint density at radius 3 is 2.50 bits per heavy atom. The number of halogens is 1. The van der Waals surface area contributed by atoms with E-state index in [1.807, 2.05) is 18.2 Å². The first kappa shape index (κ1) is 9.02. The zero-order valence-corrected chi connectivity index (χ0v) is 7.98. The summed E-state index contributed by atoms with van der Waals surface area (Å²) in [6.45, 7) is 0. The molecule has 1 amide bonds. The van der Waals surface area contributed by atoms with E-state index < -0.39 is 5.38 Å². The normalized spacial score (nSPS) is 21.2. The van der Waals surface area contributed by atoms with Crippen LogP contribution in [0.3, 0.4) is 0 Å². The summed E-state index contributed by atoms with van der Waals surface area (Å²) in [5.41, 5.74) is 6.12. The summed E-state index contributed by atoms with van der Waals surface area (Å²) in [7, 11) is 0. The van der Waals surface area contributed by atoms with Crippen LogP contribution < -0.4 is 10.7 Å². The molecule has 0 bridgehead atoms. The third-order valence-electron chi connectivity index (χ3n) is 1.90. The lowest BCUT2D eigenvalue weighted by atomic mass is 10.3. The van der Waals surface area contributed by atoms with Crippen LogP contribution in [0.1, 0.15) is 0 Å². The maximum atomic E-state index is 11.5. The van der Waals surface area contributed by atoms with E-state index in [0.717, 1.165) is 0 Å². The first-order valence-corrected chi connectivity index (χ1v) is 4.51. The molecular weight excluding hydrogens is 202 g/mol. The van der Waals surface area contributed by atoms with Crippen LogP contribution in [0.2, 0.25) is 0 Å². The minimum atomic E-state index is -0.838. The Morgan fingerprint density at radius 2 is 2.00 bits per heavy atom. The Hall–Kier alpha value is -1.55. The fourth-order valence-corrected chi connectivity index (χ4v) is 1.34. The summed E-state index contributed by atoms with van der Waals surface area (Å²) in [6, 6.07) is 9.02. The van der Waals surface area contributed by atoms with Gasteiger partial charge in [-0.05, 0) is 12.1 Å². The molecule has 0 spiro atoms. The van der Waals surface area contributed by atoms with Gasteiger partial charge in [-0.2, -0.15) is 10.1 Å². The van der Waals surface area contributed by atoms with Crippen molar-refractivity contribution in [2.24, 2.45) is 10.8 Å². The Kier molecular flexibility index (Phi) is 2.13. The lowest BCUT2D eigenvalue weighted by molar-refractivity contribution is -0.116. The largest absolute Gasteiger partial charge is 0.384 e. The second kappa shape index (κ2) is 3.31. The number of para-hydroxylation sites is 1. The number of hydrogen-bond donors (Lipinski definition) is 1. The van der Waals surface area contributed by atoms with Crippen LogP contribution in [-0.2, 0) is 4.79 Å². The minimum absolute atomic E-state index is 0.139. The number of carbonyl (C=O) groups is 1. The van der Waals surface area contributed by atoms with E-state index in [4.69, 9.17) is 17.3 Å². The van der Waals surface area contributed by atoms with Crippen LogP contribution in [0.5, 0.6) is 0 Å². The molecule has 0 saturated heterocycles. The van der Waals surface area contributed by atoms with Crippen molar-refractivity contribution in [3.05, 3.63) is 30.3 Å². The summed E-state index contributed by atoms with van der Waals surface area (Å²) in [5.74, 6) is -0.170. The van der Waals surface area contributed by atoms with Crippen molar-refractivity contribution in [2.75, 3.05) is 5.01 Å². The molecule has 0 radical (unpaired) electrons. The summed E-state index contributed by atoms with van der Waals surface area (Å²) >= 11 is 5.71. The summed E-state index contributed by atoms with van der Waals surface area (Å²) in [4.78, 5) is 11.5. The van der Waals surface area contributed by atoms with Gasteiger partial charge in [-0.3, -0.25) is 4.79 Å². The third-order valence-corrected chi connectivity index (χ3v) is 2.31. The highest BCUT2D eigenvalue weighted by Crippen LogP contribution is 2.21. The molecule has 1 aromatic rings. The number of anilines is 1. The molecule has 14 heavy (non-hydrogen) atoms. The summed E-state index contributed by atoms with van der Waals surface area (Å²) < 4.78 is 0. The lowest BCUT2D eigenvalue weighted by Crippen LogP contribution is -2.30. The average Bonchev–Trinajstić information content (AvgIpc) is 2.47. The lowest BCUT2D eigenvalue weighted by Gasteiger charge is -2.10. The van der Waals surface area contributed by atoms with Gasteiger partial charge < -0.3 is 5.73 Å². The highest BCUT2D eigenvalue weighted by atomic mass is 35.5. The summed E-state index contributed by atoms with van der Waals surface area (Å²) in [5, 5.41) is 4.24. The maximum Gasteiger partial charge on any atom is 0.273 e. The molecular formula is C9H8ClN3O. The molecule has 4 nitrogen and oxygen atoms in total. The van der Waals surface area contributed by atoms with Gasteiger partial charge in [-0.1, -0.05) is 18.2 Å². The maximum absolute atomic E-state index is 11.5. The van der Waals surface area contributed by atoms with Crippen molar-refractivity contribution in [2.45, 2.75) is 5.38 Å². The van der Waals surface area contributed by atoms with E-state index in [9.17, 15) is 4.79 Å².